The zero-order valence-electron chi connectivity index (χ0n) is 13.2. The Bertz CT molecular complexity index is 972. The van der Waals surface area contributed by atoms with E-state index in [0.717, 1.165) is 23.4 Å². The van der Waals surface area contributed by atoms with E-state index in [4.69, 9.17) is 0 Å². The average molecular weight is 363 g/mol. The third-order valence-corrected chi connectivity index (χ3v) is 5.27. The van der Waals surface area contributed by atoms with Crippen LogP contribution in [0.3, 0.4) is 0 Å². The van der Waals surface area contributed by atoms with E-state index in [1.54, 1.807) is 37.8 Å². The van der Waals surface area contributed by atoms with Gasteiger partial charge in [-0.05, 0) is 42.8 Å². The molecule has 0 radical (unpaired) electrons. The maximum Gasteiger partial charge on any atom is 0.241 e. The first-order chi connectivity index (χ1) is 11.9. The summed E-state index contributed by atoms with van der Waals surface area (Å²) < 4.78 is 55.2. The quantitative estimate of drug-likeness (QED) is 0.757. The second-order valence-electron chi connectivity index (χ2n) is 5.48. The summed E-state index contributed by atoms with van der Waals surface area (Å²) in [5, 5.41) is 0. The summed E-state index contributed by atoms with van der Waals surface area (Å²) >= 11 is 0. The van der Waals surface area contributed by atoms with E-state index in [9.17, 15) is 17.2 Å². The Labute approximate surface area is 144 Å². The number of rotatable bonds is 5. The summed E-state index contributed by atoms with van der Waals surface area (Å²) in [5.41, 5.74) is 1.62. The van der Waals surface area contributed by atoms with E-state index in [1.807, 2.05) is 16.7 Å². The third kappa shape index (κ3) is 3.75. The molecular formula is C17H15F2N3O2S. The Morgan fingerprint density at radius 3 is 2.40 bits per heavy atom. The molecule has 25 heavy (non-hydrogen) atoms. The van der Waals surface area contributed by atoms with Crippen molar-refractivity contribution in [3.05, 3.63) is 78.4 Å². The van der Waals surface area contributed by atoms with Crippen LogP contribution in [0.4, 0.5) is 8.78 Å². The van der Waals surface area contributed by atoms with Crippen LogP contribution in [-0.2, 0) is 10.0 Å². The third-order valence-electron chi connectivity index (χ3n) is 3.73. The van der Waals surface area contributed by atoms with Crippen molar-refractivity contribution < 1.29 is 17.2 Å². The van der Waals surface area contributed by atoms with Crippen molar-refractivity contribution in [3.8, 4) is 5.69 Å². The van der Waals surface area contributed by atoms with Gasteiger partial charge in [-0.1, -0.05) is 12.1 Å². The van der Waals surface area contributed by atoms with Crippen molar-refractivity contribution in [2.45, 2.75) is 17.9 Å². The van der Waals surface area contributed by atoms with Crippen molar-refractivity contribution in [2.24, 2.45) is 0 Å². The second-order valence-corrected chi connectivity index (χ2v) is 7.19. The normalized spacial score (nSPS) is 12.9. The second kappa shape index (κ2) is 6.73. The van der Waals surface area contributed by atoms with Gasteiger partial charge in [-0.15, -0.1) is 0 Å². The van der Waals surface area contributed by atoms with Crippen LogP contribution in [-0.4, -0.2) is 18.0 Å². The van der Waals surface area contributed by atoms with Gasteiger partial charge in [0, 0.05) is 24.1 Å². The molecule has 1 N–H and O–H groups in total. The molecule has 2 aromatic carbocycles. The molecule has 0 aliphatic carbocycles. The molecule has 0 spiro atoms. The minimum Gasteiger partial charge on any atom is -0.306 e. The highest BCUT2D eigenvalue weighted by atomic mass is 32.2. The fraction of sp³-hybridized carbons (Fsp3) is 0.118. The zero-order valence-corrected chi connectivity index (χ0v) is 14.0. The molecule has 1 heterocycles. The van der Waals surface area contributed by atoms with E-state index in [-0.39, 0.29) is 4.90 Å². The molecule has 3 aromatic rings. The molecule has 130 valence electrons. The number of nitrogens with one attached hydrogen (secondary N) is 1. The van der Waals surface area contributed by atoms with Crippen LogP contribution in [0.5, 0.6) is 0 Å². The van der Waals surface area contributed by atoms with Gasteiger partial charge in [-0.3, -0.25) is 0 Å². The number of aromatic nitrogens is 2. The van der Waals surface area contributed by atoms with Crippen LogP contribution in [0.15, 0.2) is 66.1 Å². The van der Waals surface area contributed by atoms with E-state index in [2.05, 4.69) is 9.71 Å². The summed E-state index contributed by atoms with van der Waals surface area (Å²) in [7, 11) is -3.97. The largest absolute Gasteiger partial charge is 0.306 e. The summed E-state index contributed by atoms with van der Waals surface area (Å²) in [5.74, 6) is -2.30. The predicted molar refractivity (Wildman–Crippen MR) is 88.7 cm³/mol. The molecule has 8 heteroatoms. The number of halogens is 2. The molecule has 1 aromatic heterocycles. The fourth-order valence-corrected chi connectivity index (χ4v) is 3.60. The number of benzene rings is 2. The maximum absolute atomic E-state index is 13.3. The van der Waals surface area contributed by atoms with Gasteiger partial charge in [-0.2, -0.15) is 0 Å². The minimum atomic E-state index is -3.97. The molecule has 0 saturated carbocycles. The smallest absolute Gasteiger partial charge is 0.241 e. The molecule has 0 bridgehead atoms. The first-order valence-electron chi connectivity index (χ1n) is 7.42. The van der Waals surface area contributed by atoms with Crippen LogP contribution < -0.4 is 4.72 Å². The molecule has 0 unspecified atom stereocenters. The number of hydrogen-bond donors (Lipinski definition) is 1. The molecule has 0 fully saturated rings. The lowest BCUT2D eigenvalue weighted by atomic mass is 10.1. The number of hydrogen-bond acceptors (Lipinski definition) is 3. The Kier molecular flexibility index (Phi) is 4.65. The summed E-state index contributed by atoms with van der Waals surface area (Å²) in [4.78, 5) is 3.64. The van der Waals surface area contributed by atoms with Crippen LogP contribution in [0.2, 0.25) is 0 Å². The van der Waals surface area contributed by atoms with Gasteiger partial charge in [-0.25, -0.2) is 26.9 Å². The van der Waals surface area contributed by atoms with Gasteiger partial charge in [0.1, 0.15) is 0 Å². The first-order valence-corrected chi connectivity index (χ1v) is 8.91. The fourth-order valence-electron chi connectivity index (χ4n) is 2.36. The van der Waals surface area contributed by atoms with Crippen molar-refractivity contribution in [1.82, 2.24) is 14.3 Å². The van der Waals surface area contributed by atoms with Crippen molar-refractivity contribution in [1.29, 1.82) is 0 Å². The van der Waals surface area contributed by atoms with Crippen LogP contribution in [0, 0.1) is 11.6 Å². The highest BCUT2D eigenvalue weighted by Gasteiger charge is 2.20. The van der Waals surface area contributed by atoms with Gasteiger partial charge in [0.15, 0.2) is 11.6 Å². The standard InChI is InChI=1S/C17H15F2N3O2S/c1-12(13-2-4-14(5-3-13)22-9-8-20-11-22)21-25(23,24)15-6-7-16(18)17(19)10-15/h2-12,21H,1H3/t12-/m1/s1. The maximum atomic E-state index is 13.3. The molecule has 0 amide bonds. The lowest BCUT2D eigenvalue weighted by Crippen LogP contribution is -2.27. The van der Waals surface area contributed by atoms with E-state index in [0.29, 0.717) is 6.07 Å². The average Bonchev–Trinajstić information content (AvgIpc) is 3.11. The molecule has 1 atom stereocenters. The molecule has 0 aliphatic rings. The predicted octanol–water partition coefficient (Wildman–Crippen LogP) is 3.19. The van der Waals surface area contributed by atoms with E-state index >= 15 is 0 Å². The molecule has 3 rings (SSSR count). The van der Waals surface area contributed by atoms with E-state index < -0.39 is 27.7 Å². The van der Waals surface area contributed by atoms with Crippen LogP contribution >= 0.6 is 0 Å². The van der Waals surface area contributed by atoms with Gasteiger partial charge in [0.2, 0.25) is 10.0 Å². The number of sulfonamides is 1. The van der Waals surface area contributed by atoms with Gasteiger partial charge in [0.25, 0.3) is 0 Å². The summed E-state index contributed by atoms with van der Waals surface area (Å²) in [6.07, 6.45) is 5.11. The monoisotopic (exact) mass is 363 g/mol. The topological polar surface area (TPSA) is 64.0 Å². The first kappa shape index (κ1) is 17.2. The van der Waals surface area contributed by atoms with Gasteiger partial charge < -0.3 is 4.57 Å². The van der Waals surface area contributed by atoms with Crippen molar-refractivity contribution in [2.75, 3.05) is 0 Å². The van der Waals surface area contributed by atoms with Crippen molar-refractivity contribution in [3.63, 3.8) is 0 Å². The Balaban J connectivity index is 1.78. The Hall–Kier alpha value is -2.58. The molecular weight excluding hydrogens is 348 g/mol. The SMILES string of the molecule is C[C@@H](NS(=O)(=O)c1ccc(F)c(F)c1)c1ccc(-n2ccnc2)cc1. The Morgan fingerprint density at radius 2 is 1.80 bits per heavy atom. The van der Waals surface area contributed by atoms with Gasteiger partial charge >= 0.3 is 0 Å². The highest BCUT2D eigenvalue weighted by molar-refractivity contribution is 7.89. The molecule has 0 saturated heterocycles. The zero-order chi connectivity index (χ0) is 18.0. The summed E-state index contributed by atoms with van der Waals surface area (Å²) in [6, 6.07) is 9.16. The Morgan fingerprint density at radius 1 is 1.08 bits per heavy atom. The molecule has 5 nitrogen and oxygen atoms in total. The van der Waals surface area contributed by atoms with Crippen LogP contribution in [0.25, 0.3) is 5.69 Å². The lowest BCUT2D eigenvalue weighted by Gasteiger charge is -2.15. The van der Waals surface area contributed by atoms with Gasteiger partial charge in [0.05, 0.1) is 11.2 Å². The van der Waals surface area contributed by atoms with Crippen LogP contribution in [0.1, 0.15) is 18.5 Å². The van der Waals surface area contributed by atoms with Crippen molar-refractivity contribution >= 4 is 10.0 Å². The minimum absolute atomic E-state index is 0.326. The lowest BCUT2D eigenvalue weighted by molar-refractivity contribution is 0.503. The van der Waals surface area contributed by atoms with E-state index in [1.165, 1.54) is 0 Å². The highest BCUT2D eigenvalue weighted by Crippen LogP contribution is 2.20. The number of nitrogens with zero attached hydrogens (tertiary/aromatic N) is 2. The number of imidazole rings is 1. The molecule has 0 aliphatic heterocycles. The summed E-state index contributed by atoms with van der Waals surface area (Å²) in [6.45, 7) is 1.67.